The van der Waals surface area contributed by atoms with Crippen molar-refractivity contribution in [2.75, 3.05) is 25.0 Å². The highest BCUT2D eigenvalue weighted by Gasteiger charge is 2.32. The Labute approximate surface area is 194 Å². The number of nitrogens with zero attached hydrogens (tertiary/aromatic N) is 4. The van der Waals surface area contributed by atoms with Crippen molar-refractivity contribution in [3.8, 4) is 11.3 Å². The van der Waals surface area contributed by atoms with E-state index in [1.54, 1.807) is 12.4 Å². The van der Waals surface area contributed by atoms with Gasteiger partial charge in [0, 0.05) is 55.3 Å². The molecule has 1 aromatic carbocycles. The number of piperidine rings is 1. The van der Waals surface area contributed by atoms with E-state index in [9.17, 15) is 4.79 Å². The van der Waals surface area contributed by atoms with Crippen LogP contribution in [0.2, 0.25) is 0 Å². The molecule has 1 N–H and O–H groups in total. The van der Waals surface area contributed by atoms with Crippen LogP contribution in [0.15, 0.2) is 60.9 Å². The Bertz CT molecular complexity index is 1070. The number of pyridine rings is 1. The molecule has 1 amide bonds. The van der Waals surface area contributed by atoms with Crippen LogP contribution in [0.4, 0.5) is 11.5 Å². The Kier molecular flexibility index (Phi) is 6.58. The first kappa shape index (κ1) is 21.5. The number of aromatic nitrogens is 3. The highest BCUT2D eigenvalue weighted by Crippen LogP contribution is 2.30. The zero-order chi connectivity index (χ0) is 22.5. The molecule has 2 aliphatic heterocycles. The van der Waals surface area contributed by atoms with Crippen LogP contribution in [-0.4, -0.2) is 51.6 Å². The molecule has 5 rings (SSSR count). The van der Waals surface area contributed by atoms with E-state index in [4.69, 9.17) is 14.7 Å². The van der Waals surface area contributed by atoms with E-state index in [0.717, 1.165) is 67.2 Å². The lowest BCUT2D eigenvalue weighted by Gasteiger charge is -2.35. The van der Waals surface area contributed by atoms with E-state index < -0.39 is 0 Å². The summed E-state index contributed by atoms with van der Waals surface area (Å²) in [5.74, 6) is 1.72. The van der Waals surface area contributed by atoms with Gasteiger partial charge < -0.3 is 15.0 Å². The number of benzene rings is 1. The summed E-state index contributed by atoms with van der Waals surface area (Å²) in [6.45, 7) is 2.08. The Morgan fingerprint density at radius 3 is 2.64 bits per heavy atom. The van der Waals surface area contributed by atoms with E-state index in [2.05, 4.69) is 10.3 Å². The van der Waals surface area contributed by atoms with E-state index in [1.807, 2.05) is 53.4 Å². The van der Waals surface area contributed by atoms with Crippen LogP contribution >= 0.6 is 0 Å². The Morgan fingerprint density at radius 1 is 1.00 bits per heavy atom. The minimum atomic E-state index is -0.295. The first-order valence-corrected chi connectivity index (χ1v) is 11.8. The molecule has 2 fully saturated rings. The van der Waals surface area contributed by atoms with Crippen molar-refractivity contribution >= 4 is 17.4 Å². The Balaban J connectivity index is 1.42. The maximum Gasteiger partial charge on any atom is 0.251 e. The molecule has 0 aliphatic carbocycles. The number of carbonyl (C=O) groups is 1. The average molecular weight is 444 g/mol. The van der Waals surface area contributed by atoms with E-state index in [-0.39, 0.29) is 17.9 Å². The fourth-order valence-corrected chi connectivity index (χ4v) is 4.58. The second-order valence-corrected chi connectivity index (χ2v) is 8.70. The molecule has 2 aliphatic rings. The minimum absolute atomic E-state index is 0.0874. The molecular formula is C26H29N5O2. The van der Waals surface area contributed by atoms with Gasteiger partial charge in [-0.15, -0.1) is 0 Å². The summed E-state index contributed by atoms with van der Waals surface area (Å²) in [6, 6.07) is 15.9. The summed E-state index contributed by atoms with van der Waals surface area (Å²) in [4.78, 5) is 29.0. The van der Waals surface area contributed by atoms with Crippen molar-refractivity contribution in [2.24, 2.45) is 0 Å². The summed E-state index contributed by atoms with van der Waals surface area (Å²) in [5.41, 5.74) is 2.81. The van der Waals surface area contributed by atoms with Crippen molar-refractivity contribution in [3.63, 3.8) is 0 Å². The molecular weight excluding hydrogens is 414 g/mol. The smallest absolute Gasteiger partial charge is 0.251 e. The number of likely N-dealkylation sites (tertiary alicyclic amines) is 1. The Hall–Kier alpha value is -3.32. The number of amides is 1. The van der Waals surface area contributed by atoms with Gasteiger partial charge >= 0.3 is 0 Å². The van der Waals surface area contributed by atoms with Crippen molar-refractivity contribution in [2.45, 2.75) is 44.1 Å². The second kappa shape index (κ2) is 10.1. The SMILES string of the molecule is O=C([C@@H]1CCCCO1)N1CCC[C@H](c2nc(Nc3ccccc3)cc(-c3ccncc3)n2)C1. The lowest BCUT2D eigenvalue weighted by atomic mass is 9.95. The average Bonchev–Trinajstić information content (AvgIpc) is 2.90. The highest BCUT2D eigenvalue weighted by molar-refractivity contribution is 5.81. The van der Waals surface area contributed by atoms with Gasteiger partial charge in [-0.25, -0.2) is 9.97 Å². The molecule has 0 spiro atoms. The number of ether oxygens (including phenoxy) is 1. The maximum atomic E-state index is 13.1. The van der Waals surface area contributed by atoms with Crippen LogP contribution in [0.1, 0.15) is 43.8 Å². The van der Waals surface area contributed by atoms with Crippen molar-refractivity contribution in [1.82, 2.24) is 19.9 Å². The van der Waals surface area contributed by atoms with Crippen LogP contribution in [0.5, 0.6) is 0 Å². The molecule has 0 unspecified atom stereocenters. The lowest BCUT2D eigenvalue weighted by molar-refractivity contribution is -0.147. The van der Waals surface area contributed by atoms with Crippen LogP contribution in [0.25, 0.3) is 11.3 Å². The van der Waals surface area contributed by atoms with Gasteiger partial charge in [0.1, 0.15) is 17.7 Å². The topological polar surface area (TPSA) is 80.2 Å². The van der Waals surface area contributed by atoms with Crippen LogP contribution in [0, 0.1) is 0 Å². The quantitative estimate of drug-likeness (QED) is 0.623. The van der Waals surface area contributed by atoms with E-state index in [1.165, 1.54) is 0 Å². The third-order valence-corrected chi connectivity index (χ3v) is 6.32. The molecule has 4 heterocycles. The number of nitrogens with one attached hydrogen (secondary N) is 1. The molecule has 2 aromatic heterocycles. The molecule has 3 aromatic rings. The Morgan fingerprint density at radius 2 is 1.85 bits per heavy atom. The minimum Gasteiger partial charge on any atom is -0.368 e. The predicted octanol–water partition coefficient (Wildman–Crippen LogP) is 4.56. The lowest BCUT2D eigenvalue weighted by Crippen LogP contribution is -2.46. The zero-order valence-electron chi connectivity index (χ0n) is 18.7. The molecule has 0 saturated carbocycles. The molecule has 0 radical (unpaired) electrons. The number of para-hydroxylation sites is 1. The fourth-order valence-electron chi connectivity index (χ4n) is 4.58. The number of rotatable bonds is 5. The van der Waals surface area contributed by atoms with E-state index >= 15 is 0 Å². The van der Waals surface area contributed by atoms with Crippen LogP contribution in [0.3, 0.4) is 0 Å². The highest BCUT2D eigenvalue weighted by atomic mass is 16.5. The molecule has 33 heavy (non-hydrogen) atoms. The standard InChI is InChI=1S/C26H29N5O2/c32-26(23-10-4-5-16-33-23)31-15-6-7-20(18-31)25-29-22(19-11-13-27-14-12-19)17-24(30-25)28-21-8-2-1-3-9-21/h1-3,8-9,11-14,17,20,23H,4-7,10,15-16,18H2,(H,28,29,30)/t20-,23-/m0/s1. The summed E-state index contributed by atoms with van der Waals surface area (Å²) >= 11 is 0. The summed E-state index contributed by atoms with van der Waals surface area (Å²) in [5, 5.41) is 3.41. The number of anilines is 2. The van der Waals surface area contributed by atoms with Gasteiger partial charge in [-0.2, -0.15) is 0 Å². The number of carbonyl (C=O) groups excluding carboxylic acids is 1. The van der Waals surface area contributed by atoms with Crippen LogP contribution < -0.4 is 5.32 Å². The van der Waals surface area contributed by atoms with Crippen molar-refractivity contribution in [3.05, 3.63) is 66.7 Å². The monoisotopic (exact) mass is 443 g/mol. The predicted molar refractivity (Wildman–Crippen MR) is 127 cm³/mol. The normalized spacial score (nSPS) is 20.9. The molecule has 7 heteroatoms. The van der Waals surface area contributed by atoms with Gasteiger partial charge in [-0.1, -0.05) is 18.2 Å². The zero-order valence-corrected chi connectivity index (χ0v) is 18.7. The fraction of sp³-hybridized carbons (Fsp3) is 0.385. The second-order valence-electron chi connectivity index (χ2n) is 8.70. The van der Waals surface area contributed by atoms with E-state index in [0.29, 0.717) is 13.2 Å². The van der Waals surface area contributed by atoms with Gasteiger partial charge in [-0.05, 0) is 56.4 Å². The van der Waals surface area contributed by atoms with Gasteiger partial charge in [-0.3, -0.25) is 9.78 Å². The number of hydrogen-bond donors (Lipinski definition) is 1. The van der Waals surface area contributed by atoms with Crippen molar-refractivity contribution in [1.29, 1.82) is 0 Å². The summed E-state index contributed by atoms with van der Waals surface area (Å²) in [6.07, 6.45) is 8.06. The largest absolute Gasteiger partial charge is 0.368 e. The number of hydrogen-bond acceptors (Lipinski definition) is 6. The molecule has 170 valence electrons. The molecule has 2 atom stereocenters. The third-order valence-electron chi connectivity index (χ3n) is 6.32. The van der Waals surface area contributed by atoms with Crippen LogP contribution in [-0.2, 0) is 9.53 Å². The molecule has 7 nitrogen and oxygen atoms in total. The summed E-state index contributed by atoms with van der Waals surface area (Å²) in [7, 11) is 0. The maximum absolute atomic E-state index is 13.1. The van der Waals surface area contributed by atoms with Gasteiger partial charge in [0.05, 0.1) is 5.69 Å². The first-order chi connectivity index (χ1) is 16.3. The van der Waals surface area contributed by atoms with Gasteiger partial charge in [0.25, 0.3) is 5.91 Å². The molecule has 0 bridgehead atoms. The first-order valence-electron chi connectivity index (χ1n) is 11.8. The van der Waals surface area contributed by atoms with Gasteiger partial charge in [0.15, 0.2) is 0 Å². The summed E-state index contributed by atoms with van der Waals surface area (Å²) < 4.78 is 5.76. The molecule has 2 saturated heterocycles. The van der Waals surface area contributed by atoms with Crippen molar-refractivity contribution < 1.29 is 9.53 Å². The van der Waals surface area contributed by atoms with Gasteiger partial charge in [0.2, 0.25) is 0 Å². The third kappa shape index (κ3) is 5.20.